The van der Waals surface area contributed by atoms with Crippen molar-refractivity contribution in [2.45, 2.75) is 65.5 Å². The van der Waals surface area contributed by atoms with Gasteiger partial charge in [0.05, 0.1) is 13.0 Å². The maximum absolute atomic E-state index is 11.6. The maximum Gasteiger partial charge on any atom is 0.309 e. The quantitative estimate of drug-likeness (QED) is 0.723. The number of ether oxygens (including phenoxy) is 1. The summed E-state index contributed by atoms with van der Waals surface area (Å²) in [5, 5.41) is 0. The lowest BCUT2D eigenvalue weighted by molar-refractivity contribution is -0.147. The molecule has 1 saturated carbocycles. The minimum atomic E-state index is -0.106. The van der Waals surface area contributed by atoms with Crippen molar-refractivity contribution in [3.63, 3.8) is 0 Å². The Hall–Kier alpha value is -0.570. The van der Waals surface area contributed by atoms with Gasteiger partial charge in [-0.15, -0.1) is 0 Å². The third-order valence-electron chi connectivity index (χ3n) is 4.82. The van der Waals surface area contributed by atoms with E-state index in [0.717, 1.165) is 0 Å². The SMILES string of the molecule is COC(=O)C(C)C(C)N(C)C1CCC(C)(C)CC1. The molecular weight excluding hydrogens is 226 g/mol. The third kappa shape index (κ3) is 3.71. The van der Waals surface area contributed by atoms with Crippen LogP contribution in [0.5, 0.6) is 0 Å². The van der Waals surface area contributed by atoms with Crippen molar-refractivity contribution in [2.24, 2.45) is 11.3 Å². The van der Waals surface area contributed by atoms with Gasteiger partial charge in [-0.25, -0.2) is 0 Å². The Labute approximate surface area is 112 Å². The molecule has 1 fully saturated rings. The number of carbonyl (C=O) groups is 1. The zero-order chi connectivity index (χ0) is 13.9. The predicted octanol–water partition coefficient (Wildman–Crippen LogP) is 3.08. The molecule has 1 rings (SSSR count). The molecule has 0 aromatic rings. The van der Waals surface area contributed by atoms with Crippen LogP contribution in [0.15, 0.2) is 0 Å². The van der Waals surface area contributed by atoms with Crippen molar-refractivity contribution in [1.82, 2.24) is 4.90 Å². The van der Waals surface area contributed by atoms with Crippen LogP contribution < -0.4 is 0 Å². The van der Waals surface area contributed by atoms with E-state index >= 15 is 0 Å². The molecule has 0 aromatic heterocycles. The lowest BCUT2D eigenvalue weighted by Crippen LogP contribution is -2.46. The average molecular weight is 255 g/mol. The van der Waals surface area contributed by atoms with Gasteiger partial charge in [0.2, 0.25) is 0 Å². The summed E-state index contributed by atoms with van der Waals surface area (Å²) in [7, 11) is 3.61. The minimum Gasteiger partial charge on any atom is -0.469 e. The van der Waals surface area contributed by atoms with Gasteiger partial charge in [0.25, 0.3) is 0 Å². The zero-order valence-electron chi connectivity index (χ0n) is 12.8. The van der Waals surface area contributed by atoms with E-state index in [1.165, 1.54) is 32.8 Å². The second kappa shape index (κ2) is 6.05. The second-order valence-electron chi connectivity index (χ2n) is 6.61. The summed E-state index contributed by atoms with van der Waals surface area (Å²) in [6.45, 7) is 8.79. The average Bonchev–Trinajstić information content (AvgIpc) is 2.35. The fraction of sp³-hybridized carbons (Fsp3) is 0.933. The summed E-state index contributed by atoms with van der Waals surface area (Å²) in [4.78, 5) is 14.0. The van der Waals surface area contributed by atoms with Crippen LogP contribution in [-0.2, 0) is 9.53 Å². The molecule has 2 atom stereocenters. The summed E-state index contributed by atoms with van der Waals surface area (Å²) in [6, 6.07) is 0.851. The number of hydrogen-bond donors (Lipinski definition) is 0. The van der Waals surface area contributed by atoms with Crippen molar-refractivity contribution >= 4 is 5.97 Å². The first-order chi connectivity index (χ1) is 8.28. The van der Waals surface area contributed by atoms with E-state index < -0.39 is 0 Å². The fourth-order valence-electron chi connectivity index (χ4n) is 2.86. The van der Waals surface area contributed by atoms with Crippen LogP contribution in [0.1, 0.15) is 53.4 Å². The second-order valence-corrected chi connectivity index (χ2v) is 6.61. The minimum absolute atomic E-state index is 0.0602. The van der Waals surface area contributed by atoms with E-state index in [-0.39, 0.29) is 17.9 Å². The molecule has 0 radical (unpaired) electrons. The molecule has 3 heteroatoms. The standard InChI is InChI=1S/C15H29NO2/c1-11(14(17)18-6)12(2)16(5)13-7-9-15(3,4)10-8-13/h11-13H,7-10H2,1-6H3. The maximum atomic E-state index is 11.6. The van der Waals surface area contributed by atoms with E-state index in [2.05, 4.69) is 32.7 Å². The molecule has 0 N–H and O–H groups in total. The van der Waals surface area contributed by atoms with Gasteiger partial charge in [-0.2, -0.15) is 0 Å². The monoisotopic (exact) mass is 255 g/mol. The van der Waals surface area contributed by atoms with Gasteiger partial charge in [0.15, 0.2) is 0 Å². The van der Waals surface area contributed by atoms with Crippen LogP contribution in [0, 0.1) is 11.3 Å². The smallest absolute Gasteiger partial charge is 0.309 e. The highest BCUT2D eigenvalue weighted by Crippen LogP contribution is 2.37. The highest BCUT2D eigenvalue weighted by molar-refractivity contribution is 5.72. The molecule has 18 heavy (non-hydrogen) atoms. The Bertz CT molecular complexity index is 278. The van der Waals surface area contributed by atoms with E-state index in [0.29, 0.717) is 11.5 Å². The first-order valence-electron chi connectivity index (χ1n) is 7.08. The highest BCUT2D eigenvalue weighted by Gasteiger charge is 2.33. The van der Waals surface area contributed by atoms with Gasteiger partial charge >= 0.3 is 5.97 Å². The van der Waals surface area contributed by atoms with Crippen molar-refractivity contribution in [2.75, 3.05) is 14.2 Å². The molecule has 1 aliphatic carbocycles. The first-order valence-corrected chi connectivity index (χ1v) is 7.08. The fourth-order valence-corrected chi connectivity index (χ4v) is 2.86. The number of esters is 1. The topological polar surface area (TPSA) is 29.5 Å². The summed E-state index contributed by atoms with van der Waals surface area (Å²) >= 11 is 0. The van der Waals surface area contributed by atoms with Crippen LogP contribution >= 0.6 is 0 Å². The van der Waals surface area contributed by atoms with Crippen LogP contribution in [0.3, 0.4) is 0 Å². The van der Waals surface area contributed by atoms with Crippen molar-refractivity contribution in [3.05, 3.63) is 0 Å². The first kappa shape index (κ1) is 15.5. The molecular formula is C15H29NO2. The molecule has 2 unspecified atom stereocenters. The molecule has 0 saturated heterocycles. The van der Waals surface area contributed by atoms with Crippen LogP contribution in [-0.4, -0.2) is 37.1 Å². The molecule has 106 valence electrons. The summed E-state index contributed by atoms with van der Waals surface area (Å²) < 4.78 is 4.84. The molecule has 0 bridgehead atoms. The van der Waals surface area contributed by atoms with E-state index in [1.807, 2.05) is 6.92 Å². The van der Waals surface area contributed by atoms with E-state index in [4.69, 9.17) is 4.74 Å². The van der Waals surface area contributed by atoms with E-state index in [1.54, 1.807) is 0 Å². The number of methoxy groups -OCH3 is 1. The lowest BCUT2D eigenvalue weighted by atomic mass is 9.75. The van der Waals surface area contributed by atoms with Gasteiger partial charge in [0, 0.05) is 12.1 Å². The molecule has 0 aromatic carbocycles. The predicted molar refractivity (Wildman–Crippen MR) is 74.4 cm³/mol. The highest BCUT2D eigenvalue weighted by atomic mass is 16.5. The normalized spacial score (nSPS) is 23.7. The Morgan fingerprint density at radius 2 is 1.78 bits per heavy atom. The molecule has 1 aliphatic rings. The Morgan fingerprint density at radius 1 is 1.28 bits per heavy atom. The van der Waals surface area contributed by atoms with E-state index in [9.17, 15) is 4.79 Å². The number of carbonyl (C=O) groups excluding carboxylic acids is 1. The lowest BCUT2D eigenvalue weighted by Gasteiger charge is -2.42. The van der Waals surface area contributed by atoms with Crippen LogP contribution in [0.2, 0.25) is 0 Å². The summed E-state index contributed by atoms with van der Waals surface area (Å²) in [6.07, 6.45) is 5.03. The van der Waals surface area contributed by atoms with Crippen LogP contribution in [0.25, 0.3) is 0 Å². The van der Waals surface area contributed by atoms with Gasteiger partial charge < -0.3 is 4.74 Å². The number of rotatable bonds is 4. The molecule has 0 heterocycles. The van der Waals surface area contributed by atoms with Crippen molar-refractivity contribution in [1.29, 1.82) is 0 Å². The van der Waals surface area contributed by atoms with Gasteiger partial charge in [-0.3, -0.25) is 9.69 Å². The summed E-state index contributed by atoms with van der Waals surface area (Å²) in [5.41, 5.74) is 0.495. The van der Waals surface area contributed by atoms with Crippen molar-refractivity contribution < 1.29 is 9.53 Å². The largest absolute Gasteiger partial charge is 0.469 e. The summed E-state index contributed by atoms with van der Waals surface area (Å²) in [5.74, 6) is -0.166. The number of nitrogens with zero attached hydrogens (tertiary/aromatic N) is 1. The molecule has 0 spiro atoms. The molecule has 0 amide bonds. The Morgan fingerprint density at radius 3 is 2.22 bits per heavy atom. The Balaban J connectivity index is 2.54. The van der Waals surface area contributed by atoms with Gasteiger partial charge in [0.1, 0.15) is 0 Å². The van der Waals surface area contributed by atoms with Crippen LogP contribution in [0.4, 0.5) is 0 Å². The molecule has 3 nitrogen and oxygen atoms in total. The van der Waals surface area contributed by atoms with Crippen molar-refractivity contribution in [3.8, 4) is 0 Å². The Kier molecular flexibility index (Phi) is 5.20. The van der Waals surface area contributed by atoms with Gasteiger partial charge in [-0.1, -0.05) is 20.8 Å². The van der Waals surface area contributed by atoms with Gasteiger partial charge in [-0.05, 0) is 45.1 Å². The third-order valence-corrected chi connectivity index (χ3v) is 4.82. The number of hydrogen-bond acceptors (Lipinski definition) is 3. The zero-order valence-corrected chi connectivity index (χ0v) is 12.8. The molecule has 0 aliphatic heterocycles.